The standard InChI is InChI=1S/C13H17ClN2O2/c1-10(17)15-7-8-16(11(2)18)9-12-5-3-4-6-13(12)14/h3-6H,7-9H2,1-2H3,(H,15,17). The summed E-state index contributed by atoms with van der Waals surface area (Å²) in [6.07, 6.45) is 0. The Morgan fingerprint density at radius 3 is 2.50 bits per heavy atom. The summed E-state index contributed by atoms with van der Waals surface area (Å²) in [7, 11) is 0. The molecule has 18 heavy (non-hydrogen) atoms. The van der Waals surface area contributed by atoms with E-state index in [9.17, 15) is 9.59 Å². The van der Waals surface area contributed by atoms with Crippen molar-refractivity contribution in [1.29, 1.82) is 0 Å². The van der Waals surface area contributed by atoms with Gasteiger partial charge in [0.15, 0.2) is 0 Å². The minimum atomic E-state index is -0.101. The molecule has 0 aliphatic heterocycles. The second-order valence-corrected chi connectivity index (χ2v) is 4.42. The molecule has 0 aliphatic carbocycles. The minimum absolute atomic E-state index is 0.0414. The molecule has 1 rings (SSSR count). The summed E-state index contributed by atoms with van der Waals surface area (Å²) in [6.45, 7) is 4.32. The quantitative estimate of drug-likeness (QED) is 0.886. The molecule has 0 atom stereocenters. The van der Waals surface area contributed by atoms with Crippen LogP contribution in [0, 0.1) is 0 Å². The molecular weight excluding hydrogens is 252 g/mol. The molecule has 0 saturated carbocycles. The zero-order valence-corrected chi connectivity index (χ0v) is 11.3. The zero-order valence-electron chi connectivity index (χ0n) is 10.6. The van der Waals surface area contributed by atoms with E-state index in [2.05, 4.69) is 5.32 Å². The average Bonchev–Trinajstić information content (AvgIpc) is 2.29. The third kappa shape index (κ3) is 4.75. The second-order valence-electron chi connectivity index (χ2n) is 4.01. The lowest BCUT2D eigenvalue weighted by Crippen LogP contribution is -2.36. The fourth-order valence-electron chi connectivity index (χ4n) is 1.55. The smallest absolute Gasteiger partial charge is 0.219 e. The molecule has 4 nitrogen and oxygen atoms in total. The van der Waals surface area contributed by atoms with Crippen molar-refractivity contribution in [3.8, 4) is 0 Å². The van der Waals surface area contributed by atoms with Gasteiger partial charge in [0, 0.05) is 38.5 Å². The van der Waals surface area contributed by atoms with Crippen molar-refractivity contribution in [2.24, 2.45) is 0 Å². The third-order valence-corrected chi connectivity index (χ3v) is 2.89. The number of hydrogen-bond donors (Lipinski definition) is 1. The fraction of sp³-hybridized carbons (Fsp3) is 0.385. The number of carbonyl (C=O) groups is 2. The molecule has 0 saturated heterocycles. The highest BCUT2D eigenvalue weighted by atomic mass is 35.5. The maximum absolute atomic E-state index is 11.5. The molecule has 1 aromatic carbocycles. The van der Waals surface area contributed by atoms with Crippen LogP contribution in [0.2, 0.25) is 5.02 Å². The first-order valence-corrected chi connectivity index (χ1v) is 6.12. The lowest BCUT2D eigenvalue weighted by atomic mass is 10.2. The van der Waals surface area contributed by atoms with Gasteiger partial charge in [-0.25, -0.2) is 0 Å². The van der Waals surface area contributed by atoms with E-state index in [0.717, 1.165) is 5.56 Å². The Hall–Kier alpha value is -1.55. The number of hydrogen-bond acceptors (Lipinski definition) is 2. The monoisotopic (exact) mass is 268 g/mol. The van der Waals surface area contributed by atoms with Gasteiger partial charge in [0.25, 0.3) is 0 Å². The third-order valence-electron chi connectivity index (χ3n) is 2.52. The molecule has 0 aromatic heterocycles. The highest BCUT2D eigenvalue weighted by Crippen LogP contribution is 2.16. The van der Waals surface area contributed by atoms with E-state index < -0.39 is 0 Å². The molecule has 98 valence electrons. The molecule has 0 radical (unpaired) electrons. The Balaban J connectivity index is 2.61. The van der Waals surface area contributed by atoms with Crippen LogP contribution in [-0.2, 0) is 16.1 Å². The van der Waals surface area contributed by atoms with Gasteiger partial charge in [0.2, 0.25) is 11.8 Å². The van der Waals surface area contributed by atoms with Gasteiger partial charge in [0.1, 0.15) is 0 Å². The molecule has 0 bridgehead atoms. The summed E-state index contributed by atoms with van der Waals surface area (Å²) >= 11 is 6.05. The van der Waals surface area contributed by atoms with Crippen molar-refractivity contribution in [2.75, 3.05) is 13.1 Å². The van der Waals surface area contributed by atoms with E-state index in [1.807, 2.05) is 18.2 Å². The van der Waals surface area contributed by atoms with Crippen LogP contribution in [0.3, 0.4) is 0 Å². The molecular formula is C13H17ClN2O2. The maximum atomic E-state index is 11.5. The van der Waals surface area contributed by atoms with Gasteiger partial charge in [-0.1, -0.05) is 29.8 Å². The first-order valence-electron chi connectivity index (χ1n) is 5.74. The lowest BCUT2D eigenvalue weighted by Gasteiger charge is -2.21. The maximum Gasteiger partial charge on any atom is 0.219 e. The van der Waals surface area contributed by atoms with Crippen molar-refractivity contribution in [3.63, 3.8) is 0 Å². The van der Waals surface area contributed by atoms with Crippen molar-refractivity contribution in [1.82, 2.24) is 10.2 Å². The number of carbonyl (C=O) groups excluding carboxylic acids is 2. The number of amides is 2. The fourth-order valence-corrected chi connectivity index (χ4v) is 1.74. The molecule has 1 N–H and O–H groups in total. The zero-order chi connectivity index (χ0) is 13.5. The van der Waals surface area contributed by atoms with Gasteiger partial charge in [0.05, 0.1) is 0 Å². The van der Waals surface area contributed by atoms with Crippen LogP contribution in [0.4, 0.5) is 0 Å². The van der Waals surface area contributed by atoms with Gasteiger partial charge >= 0.3 is 0 Å². The van der Waals surface area contributed by atoms with E-state index in [1.165, 1.54) is 13.8 Å². The Morgan fingerprint density at radius 2 is 1.94 bits per heavy atom. The number of benzene rings is 1. The van der Waals surface area contributed by atoms with Crippen molar-refractivity contribution >= 4 is 23.4 Å². The topological polar surface area (TPSA) is 49.4 Å². The van der Waals surface area contributed by atoms with Crippen LogP contribution < -0.4 is 5.32 Å². The van der Waals surface area contributed by atoms with Gasteiger partial charge < -0.3 is 10.2 Å². The summed E-state index contributed by atoms with van der Waals surface area (Å²) in [5.41, 5.74) is 0.900. The second kappa shape index (κ2) is 7.01. The summed E-state index contributed by atoms with van der Waals surface area (Å²) in [4.78, 5) is 23.9. The van der Waals surface area contributed by atoms with Crippen molar-refractivity contribution in [2.45, 2.75) is 20.4 Å². The van der Waals surface area contributed by atoms with E-state index in [-0.39, 0.29) is 11.8 Å². The predicted molar refractivity (Wildman–Crippen MR) is 71.2 cm³/mol. The highest BCUT2D eigenvalue weighted by Gasteiger charge is 2.11. The summed E-state index contributed by atoms with van der Waals surface area (Å²) < 4.78 is 0. The molecule has 0 fully saturated rings. The molecule has 1 aromatic rings. The first-order chi connectivity index (χ1) is 8.50. The largest absolute Gasteiger partial charge is 0.355 e. The average molecular weight is 269 g/mol. The number of rotatable bonds is 5. The SMILES string of the molecule is CC(=O)NCCN(Cc1ccccc1Cl)C(C)=O. The lowest BCUT2D eigenvalue weighted by molar-refractivity contribution is -0.130. The number of nitrogens with one attached hydrogen (secondary N) is 1. The minimum Gasteiger partial charge on any atom is -0.355 e. The van der Waals surface area contributed by atoms with Gasteiger partial charge in [-0.2, -0.15) is 0 Å². The first kappa shape index (κ1) is 14.5. The van der Waals surface area contributed by atoms with E-state index in [1.54, 1.807) is 11.0 Å². The van der Waals surface area contributed by atoms with Gasteiger partial charge in [-0.05, 0) is 11.6 Å². The Morgan fingerprint density at radius 1 is 1.28 bits per heavy atom. The molecule has 0 unspecified atom stereocenters. The van der Waals surface area contributed by atoms with E-state index in [0.29, 0.717) is 24.7 Å². The van der Waals surface area contributed by atoms with Crippen LogP contribution in [-0.4, -0.2) is 29.8 Å². The summed E-state index contributed by atoms with van der Waals surface area (Å²) in [6, 6.07) is 7.41. The Labute approximate surface area is 112 Å². The molecule has 0 heterocycles. The normalized spacial score (nSPS) is 9.94. The van der Waals surface area contributed by atoms with Gasteiger partial charge in [-0.15, -0.1) is 0 Å². The predicted octanol–water partition coefficient (Wildman–Crippen LogP) is 1.82. The van der Waals surface area contributed by atoms with Crippen LogP contribution in [0.25, 0.3) is 0 Å². The molecule has 0 spiro atoms. The highest BCUT2D eigenvalue weighted by molar-refractivity contribution is 6.31. The number of halogens is 1. The van der Waals surface area contributed by atoms with Crippen molar-refractivity contribution in [3.05, 3.63) is 34.9 Å². The summed E-state index contributed by atoms with van der Waals surface area (Å²) in [5.74, 6) is -0.142. The molecule has 2 amide bonds. The molecule has 0 aliphatic rings. The number of nitrogens with zero attached hydrogens (tertiary/aromatic N) is 1. The Kier molecular flexibility index (Phi) is 5.65. The van der Waals surface area contributed by atoms with Crippen LogP contribution >= 0.6 is 11.6 Å². The van der Waals surface area contributed by atoms with E-state index in [4.69, 9.17) is 11.6 Å². The van der Waals surface area contributed by atoms with Gasteiger partial charge in [-0.3, -0.25) is 9.59 Å². The summed E-state index contributed by atoms with van der Waals surface area (Å²) in [5, 5.41) is 3.31. The van der Waals surface area contributed by atoms with Crippen LogP contribution in [0.1, 0.15) is 19.4 Å². The molecule has 5 heteroatoms. The van der Waals surface area contributed by atoms with Crippen LogP contribution in [0.15, 0.2) is 24.3 Å². The Bertz CT molecular complexity index is 435. The van der Waals surface area contributed by atoms with Crippen molar-refractivity contribution < 1.29 is 9.59 Å². The van der Waals surface area contributed by atoms with E-state index >= 15 is 0 Å². The van der Waals surface area contributed by atoms with Crippen LogP contribution in [0.5, 0.6) is 0 Å².